The van der Waals surface area contributed by atoms with E-state index in [-0.39, 0.29) is 18.5 Å². The molecule has 1 aromatic carbocycles. The first-order chi connectivity index (χ1) is 14.9. The van der Waals surface area contributed by atoms with Gasteiger partial charge in [-0.3, -0.25) is 14.6 Å². The maximum absolute atomic E-state index is 15.0. The van der Waals surface area contributed by atoms with E-state index < -0.39 is 24.1 Å². The highest BCUT2D eigenvalue weighted by atomic mass is 19.1. The van der Waals surface area contributed by atoms with Gasteiger partial charge in [0, 0.05) is 24.2 Å². The van der Waals surface area contributed by atoms with Crippen LogP contribution < -0.4 is 15.1 Å². The molecule has 1 N–H and O–H groups in total. The normalized spacial score (nSPS) is 21.6. The first-order valence-corrected chi connectivity index (χ1v) is 9.90. The Morgan fingerprint density at radius 1 is 1.29 bits per heavy atom. The Morgan fingerprint density at radius 3 is 2.81 bits per heavy atom. The number of carbonyl (C=O) groups is 3. The SMILES string of the molecule is CC(=O)NC[C@@H]1OC(=O)N2c3cc(F)c(-c4ccc(N5CCOC5=O)nc4)cc3CC12. The van der Waals surface area contributed by atoms with Gasteiger partial charge in [-0.25, -0.2) is 19.0 Å². The third kappa shape index (κ3) is 3.24. The molecule has 2 fully saturated rings. The molecule has 31 heavy (non-hydrogen) atoms. The Labute approximate surface area is 176 Å². The van der Waals surface area contributed by atoms with Crippen LogP contribution in [-0.2, 0) is 20.7 Å². The summed E-state index contributed by atoms with van der Waals surface area (Å²) in [5.74, 6) is -0.263. The molecule has 10 heteroatoms. The van der Waals surface area contributed by atoms with Crippen LogP contribution in [0, 0.1) is 5.82 Å². The van der Waals surface area contributed by atoms with Gasteiger partial charge < -0.3 is 14.8 Å². The first-order valence-electron chi connectivity index (χ1n) is 9.90. The zero-order valence-corrected chi connectivity index (χ0v) is 16.6. The van der Waals surface area contributed by atoms with Crippen LogP contribution in [0.1, 0.15) is 12.5 Å². The van der Waals surface area contributed by atoms with Gasteiger partial charge >= 0.3 is 12.2 Å². The lowest BCUT2D eigenvalue weighted by Gasteiger charge is -2.16. The average molecular weight is 426 g/mol. The van der Waals surface area contributed by atoms with Crippen molar-refractivity contribution in [2.75, 3.05) is 29.5 Å². The number of pyridine rings is 1. The van der Waals surface area contributed by atoms with Crippen molar-refractivity contribution in [2.24, 2.45) is 0 Å². The van der Waals surface area contributed by atoms with Crippen LogP contribution in [-0.4, -0.2) is 54.9 Å². The number of carbonyl (C=O) groups excluding carboxylic acids is 3. The summed E-state index contributed by atoms with van der Waals surface area (Å²) in [5, 5.41) is 2.67. The van der Waals surface area contributed by atoms with Gasteiger partial charge in [0.05, 0.1) is 24.8 Å². The molecule has 160 valence electrons. The number of hydrogen-bond donors (Lipinski definition) is 1. The van der Waals surface area contributed by atoms with Crippen molar-refractivity contribution in [3.63, 3.8) is 0 Å². The summed E-state index contributed by atoms with van der Waals surface area (Å²) in [5.41, 5.74) is 2.21. The Hall–Kier alpha value is -3.69. The van der Waals surface area contributed by atoms with Crippen molar-refractivity contribution in [3.05, 3.63) is 41.8 Å². The van der Waals surface area contributed by atoms with E-state index in [1.54, 1.807) is 18.2 Å². The summed E-state index contributed by atoms with van der Waals surface area (Å²) in [6.07, 6.45) is 0.496. The van der Waals surface area contributed by atoms with Crippen LogP contribution in [0.3, 0.4) is 0 Å². The number of ether oxygens (including phenoxy) is 2. The van der Waals surface area contributed by atoms with E-state index in [9.17, 15) is 18.8 Å². The van der Waals surface area contributed by atoms with Crippen LogP contribution >= 0.6 is 0 Å². The number of rotatable bonds is 4. The molecule has 3 aliphatic heterocycles. The van der Waals surface area contributed by atoms with Gasteiger partial charge in [0.1, 0.15) is 24.3 Å². The minimum Gasteiger partial charge on any atom is -0.447 e. The third-order valence-electron chi connectivity index (χ3n) is 5.72. The molecular formula is C21H19FN4O5. The molecule has 4 heterocycles. The van der Waals surface area contributed by atoms with Gasteiger partial charge in [-0.15, -0.1) is 0 Å². The number of amides is 3. The van der Waals surface area contributed by atoms with Gasteiger partial charge in [-0.1, -0.05) is 0 Å². The summed E-state index contributed by atoms with van der Waals surface area (Å²) >= 11 is 0. The van der Waals surface area contributed by atoms with Crippen LogP contribution in [0.4, 0.5) is 25.5 Å². The van der Waals surface area contributed by atoms with Gasteiger partial charge in [-0.05, 0) is 36.2 Å². The number of halogens is 1. The summed E-state index contributed by atoms with van der Waals surface area (Å²) in [7, 11) is 0. The molecule has 0 saturated carbocycles. The zero-order valence-electron chi connectivity index (χ0n) is 16.6. The molecule has 3 aliphatic rings. The average Bonchev–Trinajstić information content (AvgIpc) is 3.41. The summed E-state index contributed by atoms with van der Waals surface area (Å²) < 4.78 is 25.2. The minimum absolute atomic E-state index is 0.204. The molecule has 2 atom stereocenters. The highest BCUT2D eigenvalue weighted by Gasteiger charge is 2.47. The van der Waals surface area contributed by atoms with E-state index in [0.29, 0.717) is 42.2 Å². The fraction of sp³-hybridized carbons (Fsp3) is 0.333. The lowest BCUT2D eigenvalue weighted by atomic mass is 10.00. The molecule has 1 unspecified atom stereocenters. The fourth-order valence-electron chi connectivity index (χ4n) is 4.24. The zero-order chi connectivity index (χ0) is 21.7. The highest BCUT2D eigenvalue weighted by Crippen LogP contribution is 2.41. The van der Waals surface area contributed by atoms with Crippen LogP contribution in [0.5, 0.6) is 0 Å². The number of aromatic nitrogens is 1. The Kier molecular flexibility index (Phi) is 4.49. The van der Waals surface area contributed by atoms with Crippen molar-refractivity contribution in [1.82, 2.24) is 10.3 Å². The van der Waals surface area contributed by atoms with E-state index >= 15 is 0 Å². The molecule has 3 amide bonds. The number of nitrogens with one attached hydrogen (secondary N) is 1. The smallest absolute Gasteiger partial charge is 0.415 e. The molecule has 2 aromatic rings. The second kappa shape index (κ2) is 7.22. The lowest BCUT2D eigenvalue weighted by Crippen LogP contribution is -2.40. The molecule has 0 spiro atoms. The lowest BCUT2D eigenvalue weighted by molar-refractivity contribution is -0.119. The molecule has 9 nitrogen and oxygen atoms in total. The summed E-state index contributed by atoms with van der Waals surface area (Å²) in [6.45, 7) is 2.33. The van der Waals surface area contributed by atoms with Crippen molar-refractivity contribution in [2.45, 2.75) is 25.5 Å². The molecular weight excluding hydrogens is 407 g/mol. The van der Waals surface area contributed by atoms with E-state index in [1.807, 2.05) is 0 Å². The van der Waals surface area contributed by atoms with E-state index in [2.05, 4.69) is 10.3 Å². The standard InChI is InChI=1S/C21H19FN4O5/c1-11(27)23-10-18-17-7-13-6-14(15(22)8-16(13)26(17)21(29)31-18)12-2-3-19(24-9-12)25-4-5-30-20(25)28/h2-3,6,8-9,17-18H,4-5,7,10H2,1H3,(H,23,27)/t17?,18-/m0/s1. The van der Waals surface area contributed by atoms with Crippen LogP contribution in [0.2, 0.25) is 0 Å². The van der Waals surface area contributed by atoms with Gasteiger partial charge in [0.25, 0.3) is 0 Å². The second-order valence-corrected chi connectivity index (χ2v) is 7.63. The molecule has 2 saturated heterocycles. The molecule has 0 bridgehead atoms. The minimum atomic E-state index is -0.547. The third-order valence-corrected chi connectivity index (χ3v) is 5.72. The Balaban J connectivity index is 1.41. The quantitative estimate of drug-likeness (QED) is 0.805. The van der Waals surface area contributed by atoms with Gasteiger partial charge in [0.15, 0.2) is 0 Å². The van der Waals surface area contributed by atoms with Crippen molar-refractivity contribution < 1.29 is 28.2 Å². The fourth-order valence-corrected chi connectivity index (χ4v) is 4.24. The number of fused-ring (bicyclic) bond motifs is 3. The van der Waals surface area contributed by atoms with Crippen molar-refractivity contribution in [3.8, 4) is 11.1 Å². The first kappa shape index (κ1) is 19.3. The predicted molar refractivity (Wildman–Crippen MR) is 107 cm³/mol. The number of hydrogen-bond acceptors (Lipinski definition) is 6. The maximum atomic E-state index is 15.0. The largest absolute Gasteiger partial charge is 0.447 e. The molecule has 0 aliphatic carbocycles. The summed E-state index contributed by atoms with van der Waals surface area (Å²) in [6, 6.07) is 6.09. The Bertz CT molecular complexity index is 1090. The molecule has 0 radical (unpaired) electrons. The van der Waals surface area contributed by atoms with E-state index in [4.69, 9.17) is 9.47 Å². The van der Waals surface area contributed by atoms with E-state index in [0.717, 1.165) is 5.56 Å². The number of anilines is 2. The topological polar surface area (TPSA) is 101 Å². The monoisotopic (exact) mass is 426 g/mol. The Morgan fingerprint density at radius 2 is 2.13 bits per heavy atom. The van der Waals surface area contributed by atoms with Crippen LogP contribution in [0.15, 0.2) is 30.5 Å². The molecule has 5 rings (SSSR count). The predicted octanol–water partition coefficient (Wildman–Crippen LogP) is 2.23. The number of nitrogens with zero attached hydrogens (tertiary/aromatic N) is 3. The number of cyclic esters (lactones) is 2. The van der Waals surface area contributed by atoms with E-state index in [1.165, 1.54) is 29.0 Å². The number of benzene rings is 1. The maximum Gasteiger partial charge on any atom is 0.415 e. The highest BCUT2D eigenvalue weighted by molar-refractivity contribution is 5.94. The molecule has 1 aromatic heterocycles. The van der Waals surface area contributed by atoms with Gasteiger partial charge in [0.2, 0.25) is 5.91 Å². The second-order valence-electron chi connectivity index (χ2n) is 7.63. The summed E-state index contributed by atoms with van der Waals surface area (Å²) in [4.78, 5) is 42.4. The van der Waals surface area contributed by atoms with Crippen LogP contribution in [0.25, 0.3) is 11.1 Å². The van der Waals surface area contributed by atoms with Crippen molar-refractivity contribution >= 4 is 29.6 Å². The van der Waals surface area contributed by atoms with Crippen molar-refractivity contribution in [1.29, 1.82) is 0 Å². The van der Waals surface area contributed by atoms with Gasteiger partial charge in [-0.2, -0.15) is 0 Å².